The predicted octanol–water partition coefficient (Wildman–Crippen LogP) is 1.62. The molecule has 3 N–H and O–H groups in total. The molecule has 0 fully saturated rings. The van der Waals surface area contributed by atoms with Crippen LogP contribution in [0.1, 0.15) is 5.69 Å². The number of carbonyl (C=O) groups excluding carboxylic acids is 1. The molecule has 5 heteroatoms. The zero-order valence-electron chi connectivity index (χ0n) is 10.3. The Bertz CT molecular complexity index is 626. The minimum atomic E-state index is -0.0115. The van der Waals surface area contributed by atoms with Crippen LogP contribution in [0.15, 0.2) is 42.5 Å². The Morgan fingerprint density at radius 2 is 2.05 bits per heavy atom. The third kappa shape index (κ3) is 2.35. The minimum absolute atomic E-state index is 0.0115. The second kappa shape index (κ2) is 4.61. The van der Waals surface area contributed by atoms with Crippen LogP contribution >= 0.6 is 0 Å². The van der Waals surface area contributed by atoms with Crippen molar-refractivity contribution in [2.45, 2.75) is 6.54 Å². The molecule has 0 spiro atoms. The molecular formula is C14H14N4O. The Kier molecular flexibility index (Phi) is 2.79. The van der Waals surface area contributed by atoms with Crippen LogP contribution in [-0.4, -0.2) is 17.4 Å². The van der Waals surface area contributed by atoms with Gasteiger partial charge in [-0.2, -0.15) is 0 Å². The number of nitrogens with one attached hydrogen (secondary N) is 1. The van der Waals surface area contributed by atoms with Gasteiger partial charge >= 0.3 is 0 Å². The molecule has 0 atom stereocenters. The summed E-state index contributed by atoms with van der Waals surface area (Å²) in [6, 6.07) is 13.3. The fraction of sp³-hybridized carbons (Fsp3) is 0.143. The van der Waals surface area contributed by atoms with Gasteiger partial charge in [0, 0.05) is 0 Å². The first-order chi connectivity index (χ1) is 9.22. The average Bonchev–Trinajstić information content (AvgIpc) is 2.38. The second-order valence-corrected chi connectivity index (χ2v) is 4.48. The first kappa shape index (κ1) is 11.5. The first-order valence-corrected chi connectivity index (χ1v) is 6.07. The van der Waals surface area contributed by atoms with Gasteiger partial charge in [0.15, 0.2) is 0 Å². The Morgan fingerprint density at radius 3 is 2.89 bits per heavy atom. The van der Waals surface area contributed by atoms with Crippen molar-refractivity contribution >= 4 is 23.1 Å². The molecule has 0 aliphatic carbocycles. The molecular weight excluding hydrogens is 240 g/mol. The van der Waals surface area contributed by atoms with E-state index >= 15 is 0 Å². The van der Waals surface area contributed by atoms with Gasteiger partial charge in [0.25, 0.3) is 0 Å². The summed E-state index contributed by atoms with van der Waals surface area (Å²) < 4.78 is 0. The third-order valence-corrected chi connectivity index (χ3v) is 3.03. The van der Waals surface area contributed by atoms with E-state index in [1.54, 1.807) is 6.07 Å². The fourth-order valence-electron chi connectivity index (χ4n) is 2.23. The maximum Gasteiger partial charge on any atom is 0.243 e. The number of hydrogen-bond acceptors (Lipinski definition) is 4. The number of pyridine rings is 1. The van der Waals surface area contributed by atoms with Gasteiger partial charge < -0.3 is 16.0 Å². The van der Waals surface area contributed by atoms with Gasteiger partial charge in [0.2, 0.25) is 5.91 Å². The molecule has 1 aliphatic rings. The normalized spacial score (nSPS) is 13.9. The average molecular weight is 254 g/mol. The van der Waals surface area contributed by atoms with Gasteiger partial charge in [-0.05, 0) is 24.3 Å². The van der Waals surface area contributed by atoms with E-state index in [4.69, 9.17) is 5.73 Å². The summed E-state index contributed by atoms with van der Waals surface area (Å²) >= 11 is 0. The topological polar surface area (TPSA) is 71.2 Å². The smallest absolute Gasteiger partial charge is 0.243 e. The highest BCUT2D eigenvalue weighted by atomic mass is 16.2. The molecule has 1 aliphatic heterocycles. The molecule has 19 heavy (non-hydrogen) atoms. The molecule has 2 aromatic rings. The van der Waals surface area contributed by atoms with E-state index in [1.807, 2.05) is 41.3 Å². The largest absolute Gasteiger partial charge is 0.384 e. The highest BCUT2D eigenvalue weighted by Crippen LogP contribution is 2.29. The van der Waals surface area contributed by atoms with E-state index in [0.717, 1.165) is 17.1 Å². The lowest BCUT2D eigenvalue weighted by molar-refractivity contribution is -0.115. The van der Waals surface area contributed by atoms with Crippen molar-refractivity contribution in [2.75, 3.05) is 22.5 Å². The second-order valence-electron chi connectivity index (χ2n) is 4.48. The Hall–Kier alpha value is -2.56. The number of amides is 1. The van der Waals surface area contributed by atoms with Crippen molar-refractivity contribution < 1.29 is 4.79 Å². The van der Waals surface area contributed by atoms with Crippen molar-refractivity contribution in [1.82, 2.24) is 4.98 Å². The highest BCUT2D eigenvalue weighted by Gasteiger charge is 2.21. The van der Waals surface area contributed by atoms with Gasteiger partial charge in [0.1, 0.15) is 5.82 Å². The summed E-state index contributed by atoms with van der Waals surface area (Å²) in [5, 5.41) is 2.86. The molecule has 1 aromatic carbocycles. The van der Waals surface area contributed by atoms with Crippen LogP contribution < -0.4 is 16.0 Å². The van der Waals surface area contributed by atoms with Crippen LogP contribution in [0.4, 0.5) is 17.2 Å². The van der Waals surface area contributed by atoms with E-state index in [-0.39, 0.29) is 5.91 Å². The number of nitrogens with zero attached hydrogens (tertiary/aromatic N) is 2. The van der Waals surface area contributed by atoms with E-state index < -0.39 is 0 Å². The molecule has 2 heterocycles. The number of fused-ring (bicyclic) bond motifs is 1. The standard InChI is InChI=1S/C14H14N4O/c15-13-7-3-4-10(16-13)8-18-9-14(19)17-11-5-1-2-6-12(11)18/h1-7H,8-9H2,(H2,15,16)(H,17,19). The number of aromatic nitrogens is 1. The van der Waals surface area contributed by atoms with Gasteiger partial charge in [-0.15, -0.1) is 0 Å². The molecule has 5 nitrogen and oxygen atoms in total. The number of carbonyl (C=O) groups is 1. The van der Waals surface area contributed by atoms with E-state index in [1.165, 1.54) is 0 Å². The van der Waals surface area contributed by atoms with Crippen molar-refractivity contribution in [2.24, 2.45) is 0 Å². The van der Waals surface area contributed by atoms with Crippen LogP contribution in [0.2, 0.25) is 0 Å². The monoisotopic (exact) mass is 254 g/mol. The zero-order valence-corrected chi connectivity index (χ0v) is 10.3. The lowest BCUT2D eigenvalue weighted by atomic mass is 10.2. The van der Waals surface area contributed by atoms with Gasteiger partial charge in [-0.25, -0.2) is 4.98 Å². The van der Waals surface area contributed by atoms with Crippen LogP contribution in [-0.2, 0) is 11.3 Å². The number of nitrogens with two attached hydrogens (primary N) is 1. The number of benzene rings is 1. The maximum absolute atomic E-state index is 11.7. The molecule has 0 saturated carbocycles. The Balaban J connectivity index is 1.91. The summed E-state index contributed by atoms with van der Waals surface area (Å²) in [6.07, 6.45) is 0. The summed E-state index contributed by atoms with van der Waals surface area (Å²) in [6.45, 7) is 0.892. The van der Waals surface area contributed by atoms with Crippen LogP contribution in [0.25, 0.3) is 0 Å². The lowest BCUT2D eigenvalue weighted by Crippen LogP contribution is -2.37. The first-order valence-electron chi connectivity index (χ1n) is 6.07. The number of hydrogen-bond donors (Lipinski definition) is 2. The van der Waals surface area contributed by atoms with Crippen molar-refractivity contribution in [3.63, 3.8) is 0 Å². The van der Waals surface area contributed by atoms with Gasteiger partial charge in [0.05, 0.1) is 30.2 Å². The van der Waals surface area contributed by atoms with E-state index in [2.05, 4.69) is 10.3 Å². The third-order valence-electron chi connectivity index (χ3n) is 3.03. The Morgan fingerprint density at radius 1 is 1.21 bits per heavy atom. The highest BCUT2D eigenvalue weighted by molar-refractivity contribution is 6.01. The summed E-state index contributed by atoms with van der Waals surface area (Å²) in [7, 11) is 0. The number of nitrogen functional groups attached to an aromatic ring is 1. The maximum atomic E-state index is 11.7. The SMILES string of the molecule is Nc1cccc(CN2CC(=O)Nc3ccccc32)n1. The molecule has 1 aromatic heterocycles. The quantitative estimate of drug-likeness (QED) is 0.854. The summed E-state index contributed by atoms with van der Waals surface area (Å²) in [5.41, 5.74) is 8.37. The number of rotatable bonds is 2. The van der Waals surface area contributed by atoms with Crippen molar-refractivity contribution in [3.8, 4) is 0 Å². The van der Waals surface area contributed by atoms with Crippen LogP contribution in [0.3, 0.4) is 0 Å². The molecule has 96 valence electrons. The summed E-state index contributed by atoms with van der Waals surface area (Å²) in [4.78, 5) is 18.0. The Labute approximate surface area is 111 Å². The zero-order chi connectivity index (χ0) is 13.2. The van der Waals surface area contributed by atoms with Crippen LogP contribution in [0.5, 0.6) is 0 Å². The minimum Gasteiger partial charge on any atom is -0.384 e. The van der Waals surface area contributed by atoms with Crippen LogP contribution in [0, 0.1) is 0 Å². The van der Waals surface area contributed by atoms with Crippen molar-refractivity contribution in [3.05, 3.63) is 48.2 Å². The molecule has 1 amide bonds. The predicted molar refractivity (Wildman–Crippen MR) is 74.8 cm³/mol. The van der Waals surface area contributed by atoms with Gasteiger partial charge in [-0.3, -0.25) is 4.79 Å². The summed E-state index contributed by atoms with van der Waals surface area (Å²) in [5.74, 6) is 0.481. The van der Waals surface area contributed by atoms with E-state index in [0.29, 0.717) is 18.9 Å². The molecule has 3 rings (SSSR count). The van der Waals surface area contributed by atoms with E-state index in [9.17, 15) is 4.79 Å². The van der Waals surface area contributed by atoms with Gasteiger partial charge in [-0.1, -0.05) is 18.2 Å². The number of para-hydroxylation sites is 2. The lowest BCUT2D eigenvalue weighted by Gasteiger charge is -2.30. The fourth-order valence-corrected chi connectivity index (χ4v) is 2.23. The molecule has 0 radical (unpaired) electrons. The molecule has 0 unspecified atom stereocenters. The van der Waals surface area contributed by atoms with Crippen molar-refractivity contribution in [1.29, 1.82) is 0 Å². The molecule has 0 bridgehead atoms. The molecule has 0 saturated heterocycles. The number of anilines is 3.